The average Bonchev–Trinajstić information content (AvgIpc) is 2.74. The molecule has 0 radical (unpaired) electrons. The second-order valence-corrected chi connectivity index (χ2v) is 4.85. The van der Waals surface area contributed by atoms with Crippen molar-refractivity contribution in [3.05, 3.63) is 18.2 Å². The number of nitrogens with zero attached hydrogens (tertiary/aromatic N) is 3. The van der Waals surface area contributed by atoms with Crippen LogP contribution >= 0.6 is 0 Å². The Labute approximate surface area is 95.2 Å². The minimum Gasteiger partial charge on any atom is -0.333 e. The maximum Gasteiger partial charge on any atom is 0.229 e. The molecule has 2 N–H and O–H groups in total. The lowest BCUT2D eigenvalue weighted by Crippen LogP contribution is -2.47. The Morgan fingerprint density at radius 1 is 1.56 bits per heavy atom. The topological polar surface area (TPSA) is 64.2 Å². The van der Waals surface area contributed by atoms with Gasteiger partial charge in [0.05, 0.1) is 12.0 Å². The maximum absolute atomic E-state index is 12.2. The zero-order chi connectivity index (χ0) is 11.8. The second-order valence-electron chi connectivity index (χ2n) is 4.85. The number of imidazole rings is 1. The molecule has 0 saturated carbocycles. The minimum atomic E-state index is -0.477. The molecule has 0 unspecified atom stereocenters. The fourth-order valence-corrected chi connectivity index (χ4v) is 1.86. The lowest BCUT2D eigenvalue weighted by molar-refractivity contribution is -0.141. The highest BCUT2D eigenvalue weighted by molar-refractivity contribution is 5.82. The van der Waals surface area contributed by atoms with Crippen LogP contribution in [0.4, 0.5) is 0 Å². The zero-order valence-corrected chi connectivity index (χ0v) is 9.81. The molecule has 16 heavy (non-hydrogen) atoms. The van der Waals surface area contributed by atoms with Gasteiger partial charge in [0.15, 0.2) is 0 Å². The molecule has 1 aromatic heterocycles. The van der Waals surface area contributed by atoms with Crippen molar-refractivity contribution in [2.75, 3.05) is 13.1 Å². The van der Waals surface area contributed by atoms with Crippen LogP contribution in [0.1, 0.15) is 19.7 Å². The lowest BCUT2D eigenvalue weighted by atomic mass is 9.91. The van der Waals surface area contributed by atoms with Gasteiger partial charge in [-0.3, -0.25) is 4.79 Å². The fourth-order valence-electron chi connectivity index (χ4n) is 1.86. The molecule has 0 atom stereocenters. The van der Waals surface area contributed by atoms with E-state index >= 15 is 0 Å². The summed E-state index contributed by atoms with van der Waals surface area (Å²) in [4.78, 5) is 18.3. The molecule has 1 aliphatic rings. The van der Waals surface area contributed by atoms with Crippen molar-refractivity contribution >= 4 is 5.91 Å². The van der Waals surface area contributed by atoms with Gasteiger partial charge in [0, 0.05) is 32.0 Å². The third kappa shape index (κ3) is 1.82. The monoisotopic (exact) mass is 222 g/mol. The van der Waals surface area contributed by atoms with Crippen LogP contribution in [0.2, 0.25) is 0 Å². The van der Waals surface area contributed by atoms with Gasteiger partial charge in [-0.2, -0.15) is 0 Å². The molecule has 0 fully saturated rings. The molecule has 0 aromatic carbocycles. The van der Waals surface area contributed by atoms with E-state index in [1.165, 1.54) is 0 Å². The van der Waals surface area contributed by atoms with Gasteiger partial charge in [-0.25, -0.2) is 4.98 Å². The van der Waals surface area contributed by atoms with Crippen molar-refractivity contribution in [1.82, 2.24) is 14.5 Å². The van der Waals surface area contributed by atoms with Gasteiger partial charge in [-0.05, 0) is 13.8 Å². The summed E-state index contributed by atoms with van der Waals surface area (Å²) >= 11 is 0. The summed E-state index contributed by atoms with van der Waals surface area (Å²) in [6, 6.07) is 0. The Morgan fingerprint density at radius 2 is 2.31 bits per heavy atom. The van der Waals surface area contributed by atoms with E-state index in [1.807, 2.05) is 24.9 Å². The Hall–Kier alpha value is -1.36. The van der Waals surface area contributed by atoms with Crippen molar-refractivity contribution in [1.29, 1.82) is 0 Å². The largest absolute Gasteiger partial charge is 0.333 e. The van der Waals surface area contributed by atoms with Crippen LogP contribution in [-0.4, -0.2) is 33.4 Å². The standard InChI is InChI=1S/C11H18N4O/c1-11(2,8-12)10(16)15-6-5-14-4-3-13-9(14)7-15/h3-4H,5-8,12H2,1-2H3. The molecule has 1 aromatic rings. The molecule has 1 amide bonds. The third-order valence-corrected chi connectivity index (χ3v) is 3.12. The summed E-state index contributed by atoms with van der Waals surface area (Å²) in [5.41, 5.74) is 5.14. The fraction of sp³-hybridized carbons (Fsp3) is 0.636. The van der Waals surface area contributed by atoms with E-state index < -0.39 is 5.41 Å². The molecule has 0 saturated heterocycles. The van der Waals surface area contributed by atoms with Crippen molar-refractivity contribution in [3.8, 4) is 0 Å². The van der Waals surface area contributed by atoms with Crippen LogP contribution in [0.3, 0.4) is 0 Å². The van der Waals surface area contributed by atoms with E-state index in [4.69, 9.17) is 5.73 Å². The van der Waals surface area contributed by atoms with E-state index in [0.717, 1.165) is 18.9 Å². The predicted molar refractivity (Wildman–Crippen MR) is 60.5 cm³/mol. The maximum atomic E-state index is 12.2. The van der Waals surface area contributed by atoms with Crippen molar-refractivity contribution < 1.29 is 4.79 Å². The van der Waals surface area contributed by atoms with E-state index in [1.54, 1.807) is 6.20 Å². The summed E-state index contributed by atoms with van der Waals surface area (Å²) < 4.78 is 2.08. The zero-order valence-electron chi connectivity index (χ0n) is 9.81. The lowest BCUT2D eigenvalue weighted by Gasteiger charge is -2.33. The van der Waals surface area contributed by atoms with Crippen LogP contribution in [0.5, 0.6) is 0 Å². The van der Waals surface area contributed by atoms with Crippen LogP contribution in [0.25, 0.3) is 0 Å². The number of hydrogen-bond donors (Lipinski definition) is 1. The Morgan fingerprint density at radius 3 is 3.00 bits per heavy atom. The van der Waals surface area contributed by atoms with Crippen LogP contribution in [-0.2, 0) is 17.9 Å². The normalized spacial score (nSPS) is 16.1. The summed E-state index contributed by atoms with van der Waals surface area (Å²) in [6.07, 6.45) is 3.72. The van der Waals surface area contributed by atoms with Gasteiger partial charge in [0.25, 0.3) is 0 Å². The summed E-state index contributed by atoms with van der Waals surface area (Å²) in [5, 5.41) is 0. The van der Waals surface area contributed by atoms with Gasteiger partial charge < -0.3 is 15.2 Å². The Bertz CT molecular complexity index is 396. The highest BCUT2D eigenvalue weighted by atomic mass is 16.2. The van der Waals surface area contributed by atoms with Crippen molar-refractivity contribution in [2.45, 2.75) is 26.9 Å². The molecule has 0 aliphatic carbocycles. The summed E-state index contributed by atoms with van der Waals surface area (Å²) in [7, 11) is 0. The number of carbonyl (C=O) groups excluding carboxylic acids is 1. The first-order chi connectivity index (χ1) is 7.54. The highest BCUT2D eigenvalue weighted by Gasteiger charge is 2.32. The predicted octanol–water partition coefficient (Wildman–Crippen LogP) is 0.210. The molecule has 2 rings (SSSR count). The van der Waals surface area contributed by atoms with Gasteiger partial charge in [-0.1, -0.05) is 0 Å². The smallest absolute Gasteiger partial charge is 0.229 e. The first-order valence-electron chi connectivity index (χ1n) is 5.54. The number of carbonyl (C=O) groups is 1. The van der Waals surface area contributed by atoms with Crippen LogP contribution in [0.15, 0.2) is 12.4 Å². The molecule has 5 heteroatoms. The number of aromatic nitrogens is 2. The van der Waals surface area contributed by atoms with Gasteiger partial charge in [0.1, 0.15) is 5.82 Å². The van der Waals surface area contributed by atoms with Gasteiger partial charge in [-0.15, -0.1) is 0 Å². The van der Waals surface area contributed by atoms with Crippen LogP contribution in [0, 0.1) is 5.41 Å². The molecule has 0 bridgehead atoms. The van der Waals surface area contributed by atoms with Crippen LogP contribution < -0.4 is 5.73 Å². The molecular weight excluding hydrogens is 204 g/mol. The number of hydrogen-bond acceptors (Lipinski definition) is 3. The van der Waals surface area contributed by atoms with Crippen molar-refractivity contribution in [2.24, 2.45) is 11.1 Å². The molecule has 5 nitrogen and oxygen atoms in total. The SMILES string of the molecule is CC(C)(CN)C(=O)N1CCn2ccnc2C1. The Kier molecular flexibility index (Phi) is 2.71. The van der Waals surface area contributed by atoms with Gasteiger partial charge in [0.2, 0.25) is 5.91 Å². The number of amides is 1. The van der Waals surface area contributed by atoms with E-state index in [-0.39, 0.29) is 5.91 Å². The number of nitrogens with two attached hydrogens (primary N) is 1. The molecule has 1 aliphatic heterocycles. The summed E-state index contributed by atoms with van der Waals surface area (Å²) in [5.74, 6) is 1.07. The third-order valence-electron chi connectivity index (χ3n) is 3.12. The van der Waals surface area contributed by atoms with E-state index in [0.29, 0.717) is 13.1 Å². The number of fused-ring (bicyclic) bond motifs is 1. The second kappa shape index (κ2) is 3.90. The summed E-state index contributed by atoms with van der Waals surface area (Å²) in [6.45, 7) is 6.30. The molecule has 0 spiro atoms. The van der Waals surface area contributed by atoms with Crippen molar-refractivity contribution in [3.63, 3.8) is 0 Å². The minimum absolute atomic E-state index is 0.115. The molecule has 2 heterocycles. The molecule has 88 valence electrons. The first-order valence-corrected chi connectivity index (χ1v) is 5.54. The van der Waals surface area contributed by atoms with E-state index in [9.17, 15) is 4.79 Å². The first kappa shape index (κ1) is 11.1. The quantitative estimate of drug-likeness (QED) is 0.778. The van der Waals surface area contributed by atoms with E-state index in [2.05, 4.69) is 9.55 Å². The average molecular weight is 222 g/mol. The molecular formula is C11H18N4O. The number of rotatable bonds is 2. The Balaban J connectivity index is 2.12. The van der Waals surface area contributed by atoms with Gasteiger partial charge >= 0.3 is 0 Å². The highest BCUT2D eigenvalue weighted by Crippen LogP contribution is 2.20.